The summed E-state index contributed by atoms with van der Waals surface area (Å²) in [6.07, 6.45) is 1.55. The molecule has 0 aliphatic carbocycles. The summed E-state index contributed by atoms with van der Waals surface area (Å²) in [6.45, 7) is 1.05. The van der Waals surface area contributed by atoms with Gasteiger partial charge in [-0.25, -0.2) is 0 Å². The highest BCUT2D eigenvalue weighted by molar-refractivity contribution is 9.10. The number of carbonyl (C=O) groups is 1. The fourth-order valence-electron chi connectivity index (χ4n) is 2.29. The summed E-state index contributed by atoms with van der Waals surface area (Å²) >= 11 is 3.18. The Bertz CT molecular complexity index is 802. The van der Waals surface area contributed by atoms with Crippen LogP contribution in [0.15, 0.2) is 48.6 Å². The van der Waals surface area contributed by atoms with Crippen LogP contribution < -0.4 is 0 Å². The maximum atomic E-state index is 12.1. The molecule has 0 saturated carbocycles. The van der Waals surface area contributed by atoms with Gasteiger partial charge in [0, 0.05) is 13.1 Å². The smallest absolute Gasteiger partial charge is 0.289 e. The highest BCUT2D eigenvalue weighted by Gasteiger charge is 2.37. The minimum absolute atomic E-state index is 0.0403. The van der Waals surface area contributed by atoms with Gasteiger partial charge in [-0.2, -0.15) is 4.98 Å². The molecule has 0 atom stereocenters. The van der Waals surface area contributed by atoms with Crippen LogP contribution in [0.25, 0.3) is 11.6 Å². The van der Waals surface area contributed by atoms with E-state index in [9.17, 15) is 4.79 Å². The molecule has 4 rings (SSSR count). The number of likely N-dealkylation sites (tertiary alicyclic amines) is 1. The van der Waals surface area contributed by atoms with Crippen LogP contribution in [0.1, 0.15) is 22.4 Å². The minimum atomic E-state index is -0.146. The second-order valence-corrected chi connectivity index (χ2v) is 5.73. The van der Waals surface area contributed by atoms with Crippen LogP contribution in [-0.2, 0) is 0 Å². The van der Waals surface area contributed by atoms with E-state index in [1.165, 1.54) is 0 Å². The average molecular weight is 364 g/mol. The number of carbonyl (C=O) groups excluding carboxylic acids is 1. The van der Waals surface area contributed by atoms with E-state index in [1.807, 2.05) is 0 Å². The molecule has 112 valence electrons. The summed E-state index contributed by atoms with van der Waals surface area (Å²) in [5.74, 6) is 1.69. The van der Waals surface area contributed by atoms with Gasteiger partial charge in [-0.05, 0) is 40.2 Å². The minimum Gasteiger partial charge on any atom is -0.461 e. The molecule has 0 aromatic carbocycles. The predicted octanol–water partition coefficient (Wildman–Crippen LogP) is 2.92. The van der Waals surface area contributed by atoms with E-state index in [4.69, 9.17) is 13.4 Å². The van der Waals surface area contributed by atoms with Gasteiger partial charge in [-0.1, -0.05) is 5.16 Å². The van der Waals surface area contributed by atoms with Gasteiger partial charge in [-0.15, -0.1) is 0 Å². The molecule has 8 heteroatoms. The first-order chi connectivity index (χ1) is 10.7. The first-order valence-corrected chi connectivity index (χ1v) is 7.42. The molecule has 4 heterocycles. The van der Waals surface area contributed by atoms with E-state index in [0.717, 1.165) is 0 Å². The molecule has 0 unspecified atom stereocenters. The number of hydrogen-bond donors (Lipinski definition) is 0. The van der Waals surface area contributed by atoms with Crippen LogP contribution in [-0.4, -0.2) is 34.0 Å². The van der Waals surface area contributed by atoms with Crippen LogP contribution in [0.4, 0.5) is 0 Å². The Morgan fingerprint density at radius 3 is 2.86 bits per heavy atom. The van der Waals surface area contributed by atoms with Gasteiger partial charge in [0.15, 0.2) is 16.2 Å². The molecule has 3 aromatic rings. The standard InChI is InChI=1S/C14H10BrN3O4/c15-11-4-3-10(21-11)14(19)18-6-8(7-18)13-16-12(17-22-13)9-2-1-5-20-9/h1-5,8H,6-7H2. The largest absolute Gasteiger partial charge is 0.461 e. The summed E-state index contributed by atoms with van der Waals surface area (Å²) in [7, 11) is 0. The molecular weight excluding hydrogens is 354 g/mol. The SMILES string of the molecule is O=C(c1ccc(Br)o1)N1CC(c2nc(-c3ccco3)no2)C1. The van der Waals surface area contributed by atoms with Crippen molar-refractivity contribution in [2.75, 3.05) is 13.1 Å². The fraction of sp³-hybridized carbons (Fsp3) is 0.214. The van der Waals surface area contributed by atoms with Crippen LogP contribution in [0.5, 0.6) is 0 Å². The Kier molecular flexibility index (Phi) is 3.11. The number of aromatic nitrogens is 2. The van der Waals surface area contributed by atoms with E-state index in [-0.39, 0.29) is 11.8 Å². The Morgan fingerprint density at radius 2 is 2.18 bits per heavy atom. The molecule has 1 fully saturated rings. The molecule has 1 aliphatic heterocycles. The Hall–Kier alpha value is -2.35. The number of nitrogens with zero attached hydrogens (tertiary/aromatic N) is 3. The van der Waals surface area contributed by atoms with Crippen molar-refractivity contribution in [1.29, 1.82) is 0 Å². The molecular formula is C14H10BrN3O4. The molecule has 1 saturated heterocycles. The van der Waals surface area contributed by atoms with Crippen molar-refractivity contribution < 1.29 is 18.2 Å². The van der Waals surface area contributed by atoms with E-state index in [1.54, 1.807) is 35.4 Å². The summed E-state index contributed by atoms with van der Waals surface area (Å²) in [4.78, 5) is 18.1. The quantitative estimate of drug-likeness (QED) is 0.710. The van der Waals surface area contributed by atoms with Crippen molar-refractivity contribution in [2.24, 2.45) is 0 Å². The summed E-state index contributed by atoms with van der Waals surface area (Å²) in [5.41, 5.74) is 0. The zero-order chi connectivity index (χ0) is 15.1. The lowest BCUT2D eigenvalue weighted by Crippen LogP contribution is -2.48. The molecule has 1 amide bonds. The Balaban J connectivity index is 1.42. The first-order valence-electron chi connectivity index (χ1n) is 6.63. The van der Waals surface area contributed by atoms with Crippen molar-refractivity contribution in [1.82, 2.24) is 15.0 Å². The fourth-order valence-corrected chi connectivity index (χ4v) is 2.60. The second-order valence-electron chi connectivity index (χ2n) is 4.94. The zero-order valence-corrected chi connectivity index (χ0v) is 12.8. The molecule has 1 aliphatic rings. The monoisotopic (exact) mass is 363 g/mol. The van der Waals surface area contributed by atoms with Crippen molar-refractivity contribution >= 4 is 21.8 Å². The molecule has 0 bridgehead atoms. The molecule has 3 aromatic heterocycles. The predicted molar refractivity (Wildman–Crippen MR) is 77.1 cm³/mol. The first kappa shape index (κ1) is 13.3. The maximum absolute atomic E-state index is 12.1. The third-order valence-electron chi connectivity index (χ3n) is 3.49. The molecule has 0 spiro atoms. The van der Waals surface area contributed by atoms with Gasteiger partial charge in [0.2, 0.25) is 11.7 Å². The van der Waals surface area contributed by atoms with Crippen molar-refractivity contribution in [3.8, 4) is 11.6 Å². The van der Waals surface area contributed by atoms with Gasteiger partial charge < -0.3 is 18.3 Å². The number of halogens is 1. The normalized spacial score (nSPS) is 15.0. The second kappa shape index (κ2) is 5.13. The lowest BCUT2D eigenvalue weighted by Gasteiger charge is -2.36. The van der Waals surface area contributed by atoms with Crippen LogP contribution >= 0.6 is 15.9 Å². The van der Waals surface area contributed by atoms with E-state index >= 15 is 0 Å². The topological polar surface area (TPSA) is 85.5 Å². The third-order valence-corrected chi connectivity index (χ3v) is 3.91. The lowest BCUT2D eigenvalue weighted by atomic mass is 10.00. The van der Waals surface area contributed by atoms with Crippen molar-refractivity contribution in [2.45, 2.75) is 5.92 Å². The summed E-state index contributed by atoms with van der Waals surface area (Å²) in [6, 6.07) is 6.86. The summed E-state index contributed by atoms with van der Waals surface area (Å²) < 4.78 is 16.3. The molecule has 0 radical (unpaired) electrons. The van der Waals surface area contributed by atoms with E-state index < -0.39 is 0 Å². The van der Waals surface area contributed by atoms with Gasteiger partial charge in [0.25, 0.3) is 5.91 Å². The van der Waals surface area contributed by atoms with E-state index in [0.29, 0.717) is 41.0 Å². The van der Waals surface area contributed by atoms with E-state index in [2.05, 4.69) is 26.1 Å². The van der Waals surface area contributed by atoms with Crippen LogP contribution in [0.2, 0.25) is 0 Å². The number of furan rings is 2. The average Bonchev–Trinajstić information content (AvgIpc) is 3.17. The van der Waals surface area contributed by atoms with Gasteiger partial charge >= 0.3 is 0 Å². The Morgan fingerprint density at radius 1 is 1.32 bits per heavy atom. The summed E-state index contributed by atoms with van der Waals surface area (Å²) in [5, 5.41) is 3.88. The van der Waals surface area contributed by atoms with Crippen LogP contribution in [0.3, 0.4) is 0 Å². The van der Waals surface area contributed by atoms with Crippen molar-refractivity contribution in [3.63, 3.8) is 0 Å². The molecule has 22 heavy (non-hydrogen) atoms. The molecule has 0 N–H and O–H groups in total. The zero-order valence-electron chi connectivity index (χ0n) is 11.2. The number of rotatable bonds is 3. The third kappa shape index (κ3) is 2.25. The highest BCUT2D eigenvalue weighted by atomic mass is 79.9. The van der Waals surface area contributed by atoms with Gasteiger partial charge in [0.05, 0.1) is 12.2 Å². The van der Waals surface area contributed by atoms with Gasteiger partial charge in [-0.3, -0.25) is 4.79 Å². The Labute approximate surface area is 133 Å². The number of hydrogen-bond acceptors (Lipinski definition) is 6. The lowest BCUT2D eigenvalue weighted by molar-refractivity contribution is 0.0535. The molecule has 7 nitrogen and oxygen atoms in total. The van der Waals surface area contributed by atoms with Gasteiger partial charge in [0.1, 0.15) is 0 Å². The van der Waals surface area contributed by atoms with Crippen LogP contribution in [0, 0.1) is 0 Å². The highest BCUT2D eigenvalue weighted by Crippen LogP contribution is 2.29. The number of amides is 1. The maximum Gasteiger partial charge on any atom is 0.289 e. The van der Waals surface area contributed by atoms with Crippen molar-refractivity contribution in [3.05, 3.63) is 46.8 Å².